The van der Waals surface area contributed by atoms with Gasteiger partial charge in [0.1, 0.15) is 0 Å². The molecule has 1 aromatic rings. The van der Waals surface area contributed by atoms with E-state index in [1.54, 1.807) is 23.9 Å². The minimum Gasteiger partial charge on any atom is -0.478 e. The van der Waals surface area contributed by atoms with Crippen LogP contribution in [0.4, 0.5) is 0 Å². The molecule has 82 valence electrons. The molecule has 0 aliphatic heterocycles. The molecule has 0 saturated carbocycles. The van der Waals surface area contributed by atoms with Crippen LogP contribution in [-0.2, 0) is 0 Å². The van der Waals surface area contributed by atoms with Gasteiger partial charge in [-0.2, -0.15) is 0 Å². The average molecular weight is 224 g/mol. The first-order chi connectivity index (χ1) is 7.02. The molecule has 1 atom stereocenters. The molecule has 0 aliphatic carbocycles. The van der Waals surface area contributed by atoms with Crippen molar-refractivity contribution < 1.29 is 9.90 Å². The molecule has 0 fully saturated rings. The van der Waals surface area contributed by atoms with E-state index in [2.05, 4.69) is 20.8 Å². The minimum absolute atomic E-state index is 0.398. The van der Waals surface area contributed by atoms with Crippen LogP contribution in [0.3, 0.4) is 0 Å². The van der Waals surface area contributed by atoms with Gasteiger partial charge in [-0.3, -0.25) is 0 Å². The summed E-state index contributed by atoms with van der Waals surface area (Å²) >= 11 is 1.63. The molecular weight excluding hydrogens is 208 g/mol. The first-order valence-electron chi connectivity index (χ1n) is 5.01. The third-order valence-corrected chi connectivity index (χ3v) is 3.90. The fraction of sp³-hybridized carbons (Fsp3) is 0.417. The van der Waals surface area contributed by atoms with Gasteiger partial charge in [0.05, 0.1) is 5.56 Å². The molecule has 1 rings (SSSR count). The highest BCUT2D eigenvalue weighted by molar-refractivity contribution is 8.00. The maximum Gasteiger partial charge on any atom is 0.336 e. The Morgan fingerprint density at radius 2 is 1.87 bits per heavy atom. The highest BCUT2D eigenvalue weighted by Gasteiger charge is 2.14. The summed E-state index contributed by atoms with van der Waals surface area (Å²) in [7, 11) is 0. The molecule has 15 heavy (non-hydrogen) atoms. The molecule has 1 N–H and O–H groups in total. The molecule has 0 heterocycles. The summed E-state index contributed by atoms with van der Waals surface area (Å²) in [6, 6.07) is 7.15. The van der Waals surface area contributed by atoms with Crippen molar-refractivity contribution in [2.45, 2.75) is 30.9 Å². The minimum atomic E-state index is -0.853. The summed E-state index contributed by atoms with van der Waals surface area (Å²) in [5.41, 5.74) is 0.398. The summed E-state index contributed by atoms with van der Waals surface area (Å²) < 4.78 is 0. The molecule has 1 unspecified atom stereocenters. The zero-order chi connectivity index (χ0) is 11.4. The van der Waals surface area contributed by atoms with Gasteiger partial charge >= 0.3 is 5.97 Å². The summed E-state index contributed by atoms with van der Waals surface area (Å²) in [5.74, 6) is -0.314. The lowest BCUT2D eigenvalue weighted by Gasteiger charge is -2.15. The molecule has 3 heteroatoms. The maximum absolute atomic E-state index is 11.0. The van der Waals surface area contributed by atoms with Crippen molar-refractivity contribution in [1.82, 2.24) is 0 Å². The van der Waals surface area contributed by atoms with Gasteiger partial charge in [0.15, 0.2) is 0 Å². The van der Waals surface area contributed by atoms with Crippen LogP contribution < -0.4 is 0 Å². The predicted molar refractivity (Wildman–Crippen MR) is 63.6 cm³/mol. The molecule has 0 aromatic heterocycles. The Morgan fingerprint density at radius 1 is 1.27 bits per heavy atom. The van der Waals surface area contributed by atoms with Gasteiger partial charge in [-0.25, -0.2) is 4.79 Å². The highest BCUT2D eigenvalue weighted by atomic mass is 32.2. The Labute approximate surface area is 94.7 Å². The second-order valence-corrected chi connectivity index (χ2v) is 5.29. The smallest absolute Gasteiger partial charge is 0.336 e. The number of carboxylic acids is 1. The van der Waals surface area contributed by atoms with E-state index in [9.17, 15) is 4.79 Å². The van der Waals surface area contributed by atoms with Crippen molar-refractivity contribution in [2.24, 2.45) is 5.92 Å². The van der Waals surface area contributed by atoms with Crippen molar-refractivity contribution in [1.29, 1.82) is 0 Å². The first-order valence-corrected chi connectivity index (χ1v) is 5.89. The van der Waals surface area contributed by atoms with E-state index in [1.807, 2.05) is 12.1 Å². The van der Waals surface area contributed by atoms with Crippen LogP contribution in [0.25, 0.3) is 0 Å². The molecule has 0 radical (unpaired) electrons. The van der Waals surface area contributed by atoms with Crippen molar-refractivity contribution >= 4 is 17.7 Å². The van der Waals surface area contributed by atoms with Crippen LogP contribution in [-0.4, -0.2) is 16.3 Å². The summed E-state index contributed by atoms with van der Waals surface area (Å²) in [5, 5.41) is 9.43. The quantitative estimate of drug-likeness (QED) is 0.795. The normalized spacial score (nSPS) is 12.8. The van der Waals surface area contributed by atoms with Gasteiger partial charge in [0.25, 0.3) is 0 Å². The molecule has 0 bridgehead atoms. The monoisotopic (exact) mass is 224 g/mol. The number of thioether (sulfide) groups is 1. The number of benzene rings is 1. The molecule has 2 nitrogen and oxygen atoms in total. The molecule has 0 amide bonds. The SMILES string of the molecule is CC(C)C(C)Sc1ccccc1C(=O)O. The summed E-state index contributed by atoms with van der Waals surface area (Å²) in [6.07, 6.45) is 0. The lowest BCUT2D eigenvalue weighted by molar-refractivity contribution is 0.0693. The molecule has 0 aliphatic rings. The van der Waals surface area contributed by atoms with Crippen molar-refractivity contribution in [3.8, 4) is 0 Å². The van der Waals surface area contributed by atoms with Gasteiger partial charge in [0, 0.05) is 10.1 Å². The number of aromatic carboxylic acids is 1. The topological polar surface area (TPSA) is 37.3 Å². The van der Waals surface area contributed by atoms with Crippen LogP contribution in [0.15, 0.2) is 29.2 Å². The highest BCUT2D eigenvalue weighted by Crippen LogP contribution is 2.30. The lowest BCUT2D eigenvalue weighted by atomic mass is 10.2. The van der Waals surface area contributed by atoms with Crippen LogP contribution in [0.5, 0.6) is 0 Å². The number of rotatable bonds is 4. The van der Waals surface area contributed by atoms with E-state index in [0.29, 0.717) is 16.7 Å². The fourth-order valence-corrected chi connectivity index (χ4v) is 2.19. The van der Waals surface area contributed by atoms with E-state index in [1.165, 1.54) is 0 Å². The van der Waals surface area contributed by atoms with E-state index in [4.69, 9.17) is 5.11 Å². The van der Waals surface area contributed by atoms with E-state index in [0.717, 1.165) is 4.90 Å². The molecule has 0 spiro atoms. The second kappa shape index (κ2) is 5.21. The third-order valence-electron chi connectivity index (χ3n) is 2.37. The van der Waals surface area contributed by atoms with Crippen LogP contribution in [0, 0.1) is 5.92 Å². The Morgan fingerprint density at radius 3 is 2.40 bits per heavy atom. The lowest BCUT2D eigenvalue weighted by Crippen LogP contribution is -2.07. The Bertz CT molecular complexity index is 347. The van der Waals surface area contributed by atoms with Gasteiger partial charge in [0.2, 0.25) is 0 Å². The van der Waals surface area contributed by atoms with E-state index < -0.39 is 5.97 Å². The van der Waals surface area contributed by atoms with Crippen LogP contribution >= 0.6 is 11.8 Å². The number of carbonyl (C=O) groups is 1. The van der Waals surface area contributed by atoms with Gasteiger partial charge < -0.3 is 5.11 Å². The number of hydrogen-bond acceptors (Lipinski definition) is 2. The molecule has 1 aromatic carbocycles. The predicted octanol–water partition coefficient (Wildman–Crippen LogP) is 3.52. The largest absolute Gasteiger partial charge is 0.478 e. The Balaban J connectivity index is 2.89. The zero-order valence-electron chi connectivity index (χ0n) is 9.23. The number of carboxylic acid groups (broad SMARTS) is 1. The zero-order valence-corrected chi connectivity index (χ0v) is 10.0. The third kappa shape index (κ3) is 3.27. The summed E-state index contributed by atoms with van der Waals surface area (Å²) in [4.78, 5) is 11.8. The molecule has 0 saturated heterocycles. The van der Waals surface area contributed by atoms with Gasteiger partial charge in [-0.15, -0.1) is 11.8 Å². The maximum atomic E-state index is 11.0. The van der Waals surface area contributed by atoms with Crippen molar-refractivity contribution in [2.75, 3.05) is 0 Å². The van der Waals surface area contributed by atoms with Crippen LogP contribution in [0.2, 0.25) is 0 Å². The van der Waals surface area contributed by atoms with Crippen molar-refractivity contribution in [3.63, 3.8) is 0 Å². The van der Waals surface area contributed by atoms with Crippen molar-refractivity contribution in [3.05, 3.63) is 29.8 Å². The number of hydrogen-bond donors (Lipinski definition) is 1. The van der Waals surface area contributed by atoms with E-state index in [-0.39, 0.29) is 0 Å². The molecular formula is C12H16O2S. The average Bonchev–Trinajstić information content (AvgIpc) is 2.18. The van der Waals surface area contributed by atoms with E-state index >= 15 is 0 Å². The first kappa shape index (κ1) is 12.1. The van der Waals surface area contributed by atoms with Gasteiger partial charge in [-0.05, 0) is 18.1 Å². The summed E-state index contributed by atoms with van der Waals surface area (Å²) in [6.45, 7) is 6.40. The Kier molecular flexibility index (Phi) is 4.21. The second-order valence-electron chi connectivity index (χ2n) is 3.87. The fourth-order valence-electron chi connectivity index (χ4n) is 1.08. The Hall–Kier alpha value is -0.960. The van der Waals surface area contributed by atoms with Crippen LogP contribution in [0.1, 0.15) is 31.1 Å². The standard InChI is InChI=1S/C12H16O2S/c1-8(2)9(3)15-11-7-5-4-6-10(11)12(13)14/h4-9H,1-3H3,(H,13,14). The van der Waals surface area contributed by atoms with Gasteiger partial charge in [-0.1, -0.05) is 32.9 Å².